The first kappa shape index (κ1) is 7.10. The van der Waals surface area contributed by atoms with E-state index in [1.165, 1.54) is 0 Å². The summed E-state index contributed by atoms with van der Waals surface area (Å²) in [4.78, 5) is 11.0. The topological polar surface area (TPSA) is 30.2 Å². The lowest BCUT2D eigenvalue weighted by Gasteiger charge is -1.91. The summed E-state index contributed by atoms with van der Waals surface area (Å²) < 4.78 is 5.19. The average Bonchev–Trinajstić information content (AvgIpc) is 2.46. The molecule has 0 spiro atoms. The van der Waals surface area contributed by atoms with Crippen molar-refractivity contribution in [2.75, 3.05) is 0 Å². The summed E-state index contributed by atoms with van der Waals surface area (Å²) in [5.41, 5.74) is 1.68. The standard InChI is InChI=1S/C10H8O2/c1-7(11)9-5-8-3-2-4-12-10(8)6-9/h2-6H,1H3. The van der Waals surface area contributed by atoms with Crippen LogP contribution in [0.3, 0.4) is 0 Å². The Labute approximate surface area is 70.2 Å². The maximum absolute atomic E-state index is 11.0. The molecule has 0 fully saturated rings. The highest BCUT2D eigenvalue weighted by Crippen LogP contribution is 2.25. The maximum atomic E-state index is 11.0. The number of hydrogen-bond acceptors (Lipinski definition) is 2. The highest BCUT2D eigenvalue weighted by atomic mass is 16.3. The van der Waals surface area contributed by atoms with E-state index < -0.39 is 0 Å². The van der Waals surface area contributed by atoms with Crippen molar-refractivity contribution in [1.82, 2.24) is 0 Å². The van der Waals surface area contributed by atoms with Crippen molar-refractivity contribution in [2.24, 2.45) is 0 Å². The van der Waals surface area contributed by atoms with Gasteiger partial charge >= 0.3 is 0 Å². The zero-order chi connectivity index (χ0) is 8.55. The van der Waals surface area contributed by atoms with E-state index in [0.29, 0.717) is 5.56 Å². The van der Waals surface area contributed by atoms with Gasteiger partial charge in [0.1, 0.15) is 5.76 Å². The molecule has 0 aromatic rings. The lowest BCUT2D eigenvalue weighted by Crippen LogP contribution is -1.85. The molecule has 2 heteroatoms. The van der Waals surface area contributed by atoms with E-state index in [4.69, 9.17) is 4.42 Å². The summed E-state index contributed by atoms with van der Waals surface area (Å²) in [7, 11) is 0. The van der Waals surface area contributed by atoms with Crippen molar-refractivity contribution < 1.29 is 9.21 Å². The second-order valence-corrected chi connectivity index (χ2v) is 2.73. The molecule has 0 saturated carbocycles. The van der Waals surface area contributed by atoms with Crippen molar-refractivity contribution in [3.8, 4) is 11.3 Å². The number of hydrogen-bond donors (Lipinski definition) is 0. The molecule has 2 rings (SSSR count). The Morgan fingerprint density at radius 2 is 2.25 bits per heavy atom. The van der Waals surface area contributed by atoms with E-state index in [2.05, 4.69) is 0 Å². The van der Waals surface area contributed by atoms with Gasteiger partial charge in [-0.3, -0.25) is 4.79 Å². The molecule has 1 aliphatic carbocycles. The van der Waals surface area contributed by atoms with Crippen LogP contribution in [0.5, 0.6) is 0 Å². The minimum absolute atomic E-state index is 0.0707. The van der Waals surface area contributed by atoms with Crippen molar-refractivity contribution in [1.29, 1.82) is 0 Å². The molecule has 2 nitrogen and oxygen atoms in total. The predicted octanol–water partition coefficient (Wildman–Crippen LogP) is 2.59. The Balaban J connectivity index is 2.63. The van der Waals surface area contributed by atoms with E-state index >= 15 is 0 Å². The molecule has 12 heavy (non-hydrogen) atoms. The lowest BCUT2D eigenvalue weighted by molar-refractivity contribution is 0.101. The number of fused-ring (bicyclic) bond motifs is 1. The molecule has 0 aromatic heterocycles. The van der Waals surface area contributed by atoms with E-state index in [1.54, 1.807) is 19.3 Å². The number of carbonyl (C=O) groups is 1. The van der Waals surface area contributed by atoms with Crippen LogP contribution in [0.15, 0.2) is 34.9 Å². The van der Waals surface area contributed by atoms with E-state index in [0.717, 1.165) is 11.3 Å². The smallest absolute Gasteiger partial charge is 0.159 e. The second kappa shape index (κ2) is 2.48. The Morgan fingerprint density at radius 1 is 1.42 bits per heavy atom. The molecule has 1 aliphatic heterocycles. The molecule has 0 unspecified atom stereocenters. The van der Waals surface area contributed by atoms with Crippen LogP contribution in [0.4, 0.5) is 0 Å². The van der Waals surface area contributed by atoms with Gasteiger partial charge in [0, 0.05) is 11.1 Å². The molecule has 0 aromatic carbocycles. The van der Waals surface area contributed by atoms with Crippen LogP contribution in [0.1, 0.15) is 17.3 Å². The minimum atomic E-state index is 0.0707. The molecular weight excluding hydrogens is 152 g/mol. The molecule has 0 atom stereocenters. The first-order chi connectivity index (χ1) is 5.77. The summed E-state index contributed by atoms with van der Waals surface area (Å²) in [6.45, 7) is 1.55. The molecule has 0 amide bonds. The first-order valence-electron chi connectivity index (χ1n) is 3.75. The molecule has 0 radical (unpaired) electrons. The average molecular weight is 160 g/mol. The van der Waals surface area contributed by atoms with Crippen LogP contribution < -0.4 is 0 Å². The van der Waals surface area contributed by atoms with Gasteiger partial charge in [-0.1, -0.05) is 0 Å². The third-order valence-electron chi connectivity index (χ3n) is 1.84. The molecule has 1 heterocycles. The highest BCUT2D eigenvalue weighted by molar-refractivity contribution is 5.97. The number of Topliss-reactive ketones (excluding diaryl/α,β-unsaturated/α-hetero) is 1. The molecule has 2 aliphatic rings. The fraction of sp³-hybridized carbons (Fsp3) is 0.100. The van der Waals surface area contributed by atoms with Gasteiger partial charge in [0.15, 0.2) is 5.78 Å². The Bertz CT molecular complexity index is 357. The SMILES string of the molecule is CC(=O)c1cc2cccoc-2c1. The summed E-state index contributed by atoms with van der Waals surface area (Å²) in [5.74, 6) is 0.837. The second-order valence-electron chi connectivity index (χ2n) is 2.73. The van der Waals surface area contributed by atoms with Crippen LogP contribution >= 0.6 is 0 Å². The van der Waals surface area contributed by atoms with E-state index in [1.807, 2.05) is 18.2 Å². The van der Waals surface area contributed by atoms with Gasteiger partial charge < -0.3 is 4.42 Å². The van der Waals surface area contributed by atoms with Crippen molar-refractivity contribution in [3.05, 3.63) is 36.1 Å². The van der Waals surface area contributed by atoms with Crippen molar-refractivity contribution in [2.45, 2.75) is 6.92 Å². The van der Waals surface area contributed by atoms with Crippen molar-refractivity contribution >= 4 is 5.78 Å². The van der Waals surface area contributed by atoms with Gasteiger partial charge in [-0.2, -0.15) is 0 Å². The largest absolute Gasteiger partial charge is 0.464 e. The molecule has 60 valence electrons. The fourth-order valence-corrected chi connectivity index (χ4v) is 1.20. The van der Waals surface area contributed by atoms with Crippen LogP contribution in [0.2, 0.25) is 0 Å². The van der Waals surface area contributed by atoms with Gasteiger partial charge in [0.2, 0.25) is 0 Å². The summed E-state index contributed by atoms with van der Waals surface area (Å²) >= 11 is 0. The number of ketones is 1. The summed E-state index contributed by atoms with van der Waals surface area (Å²) in [5, 5.41) is 0. The molecule has 0 bridgehead atoms. The first-order valence-corrected chi connectivity index (χ1v) is 3.75. The van der Waals surface area contributed by atoms with Gasteiger partial charge in [-0.25, -0.2) is 0 Å². The summed E-state index contributed by atoms with van der Waals surface area (Å²) in [6, 6.07) is 7.33. The Hall–Kier alpha value is -1.57. The van der Waals surface area contributed by atoms with Gasteiger partial charge in [0.05, 0.1) is 6.26 Å². The fourth-order valence-electron chi connectivity index (χ4n) is 1.20. The van der Waals surface area contributed by atoms with E-state index in [-0.39, 0.29) is 5.78 Å². The third-order valence-corrected chi connectivity index (χ3v) is 1.84. The minimum Gasteiger partial charge on any atom is -0.464 e. The van der Waals surface area contributed by atoms with Gasteiger partial charge in [0.25, 0.3) is 0 Å². The van der Waals surface area contributed by atoms with Crippen LogP contribution in [0.25, 0.3) is 11.3 Å². The quantitative estimate of drug-likeness (QED) is 0.600. The van der Waals surface area contributed by atoms with Crippen molar-refractivity contribution in [3.63, 3.8) is 0 Å². The van der Waals surface area contributed by atoms with Crippen LogP contribution in [0, 0.1) is 0 Å². The summed E-state index contributed by atoms with van der Waals surface area (Å²) in [6.07, 6.45) is 1.60. The number of rotatable bonds is 1. The molecule has 0 saturated heterocycles. The monoisotopic (exact) mass is 160 g/mol. The predicted molar refractivity (Wildman–Crippen MR) is 45.3 cm³/mol. The van der Waals surface area contributed by atoms with Crippen LogP contribution in [-0.4, -0.2) is 5.78 Å². The third kappa shape index (κ3) is 1.01. The van der Waals surface area contributed by atoms with Gasteiger partial charge in [-0.05, 0) is 31.2 Å². The Morgan fingerprint density at radius 3 is 2.92 bits per heavy atom. The lowest BCUT2D eigenvalue weighted by atomic mass is 10.2. The zero-order valence-electron chi connectivity index (χ0n) is 6.70. The zero-order valence-corrected chi connectivity index (χ0v) is 6.70. The van der Waals surface area contributed by atoms with E-state index in [9.17, 15) is 4.79 Å². The number of carbonyl (C=O) groups excluding carboxylic acids is 1. The van der Waals surface area contributed by atoms with Crippen LogP contribution in [-0.2, 0) is 0 Å². The molecule has 0 N–H and O–H groups in total. The maximum Gasteiger partial charge on any atom is 0.159 e. The normalized spacial score (nSPS) is 10.4. The van der Waals surface area contributed by atoms with Gasteiger partial charge in [-0.15, -0.1) is 0 Å². The molecular formula is C10H8O2. The Kier molecular flexibility index (Phi) is 1.47. The highest BCUT2D eigenvalue weighted by Gasteiger charge is 2.09.